The van der Waals surface area contributed by atoms with E-state index in [1.54, 1.807) is 68.4 Å². The van der Waals surface area contributed by atoms with E-state index in [9.17, 15) is 0 Å². The fourth-order valence-electron chi connectivity index (χ4n) is 4.35. The van der Waals surface area contributed by atoms with Gasteiger partial charge in [-0.15, -0.1) is 0 Å². The van der Waals surface area contributed by atoms with E-state index in [-0.39, 0.29) is 11.6 Å². The molecular formula is C26H16N14. The molecule has 0 bridgehead atoms. The third-order valence-electron chi connectivity index (χ3n) is 6.23. The summed E-state index contributed by atoms with van der Waals surface area (Å²) in [5, 5.41) is 0. The molecule has 0 fully saturated rings. The first-order valence-electron chi connectivity index (χ1n) is 12.1. The van der Waals surface area contributed by atoms with Crippen molar-refractivity contribution < 1.29 is 0 Å². The first-order valence-corrected chi connectivity index (χ1v) is 12.1. The molecule has 0 saturated heterocycles. The number of benzene rings is 2. The Bertz CT molecular complexity index is 1980. The van der Waals surface area contributed by atoms with E-state index < -0.39 is 0 Å². The van der Waals surface area contributed by atoms with Crippen molar-refractivity contribution in [3.8, 4) is 35.4 Å². The summed E-state index contributed by atoms with van der Waals surface area (Å²) in [4.78, 5) is 45.7. The topological polar surface area (TPSA) is 149 Å². The number of nitrogens with zero attached hydrogens (tertiary/aromatic N) is 14. The molecule has 14 nitrogen and oxygen atoms in total. The monoisotopic (exact) mass is 524 g/mol. The van der Waals surface area contributed by atoms with E-state index in [4.69, 9.17) is 15.0 Å². The van der Waals surface area contributed by atoms with Crippen LogP contribution in [0.25, 0.3) is 57.5 Å². The molecule has 8 rings (SSSR count). The van der Waals surface area contributed by atoms with Crippen molar-refractivity contribution in [3.63, 3.8) is 0 Å². The van der Waals surface area contributed by atoms with E-state index in [0.717, 1.165) is 22.1 Å². The van der Waals surface area contributed by atoms with Crippen molar-refractivity contribution in [2.45, 2.75) is 0 Å². The van der Waals surface area contributed by atoms with Crippen LogP contribution in [0.3, 0.4) is 0 Å². The number of aromatic nitrogens is 14. The van der Waals surface area contributed by atoms with E-state index in [1.807, 2.05) is 48.5 Å². The Balaban J connectivity index is 1.39. The predicted molar refractivity (Wildman–Crippen MR) is 142 cm³/mol. The van der Waals surface area contributed by atoms with Crippen molar-refractivity contribution in [1.29, 1.82) is 0 Å². The van der Waals surface area contributed by atoms with Gasteiger partial charge in [0, 0.05) is 24.8 Å². The van der Waals surface area contributed by atoms with Crippen LogP contribution in [0.2, 0.25) is 0 Å². The molecule has 6 heterocycles. The van der Waals surface area contributed by atoms with Gasteiger partial charge in [0.05, 0.1) is 22.1 Å². The lowest BCUT2D eigenvalue weighted by atomic mass is 10.3. The zero-order valence-electron chi connectivity index (χ0n) is 20.5. The van der Waals surface area contributed by atoms with Crippen molar-refractivity contribution in [1.82, 2.24) is 68.1 Å². The minimum atomic E-state index is 0.237. The lowest BCUT2D eigenvalue weighted by molar-refractivity contribution is 0.820. The molecule has 0 saturated carbocycles. The SMILES string of the molecule is c1ccc2c(c1)ncn2-c1nc(-c2nc(-n3ccnc3)nc(-n3ccnc3)n2)nc(-n2cnc3ccccc32)n1. The highest BCUT2D eigenvalue weighted by Crippen LogP contribution is 2.22. The highest BCUT2D eigenvalue weighted by atomic mass is 15.3. The number of imidazole rings is 4. The molecule has 0 spiro atoms. The second kappa shape index (κ2) is 8.70. The summed E-state index contributed by atoms with van der Waals surface area (Å²) in [5.41, 5.74) is 3.30. The third kappa shape index (κ3) is 3.59. The molecule has 14 heteroatoms. The highest BCUT2D eigenvalue weighted by Gasteiger charge is 2.19. The smallest absolute Gasteiger partial charge is 0.240 e. The summed E-state index contributed by atoms with van der Waals surface area (Å²) in [6.07, 6.45) is 13.4. The quantitative estimate of drug-likeness (QED) is 0.329. The van der Waals surface area contributed by atoms with Gasteiger partial charge in [0.25, 0.3) is 0 Å². The molecule has 8 aromatic rings. The molecule has 0 aliphatic carbocycles. The minimum Gasteiger partial charge on any atom is -0.274 e. The maximum atomic E-state index is 4.81. The normalized spacial score (nSPS) is 11.5. The number of hydrogen-bond donors (Lipinski definition) is 0. The average molecular weight is 525 g/mol. The standard InChI is InChI=1S/C26H16N14/c1-3-7-19-17(5-1)29-15-39(19)25-33-22(34-26(36-25)40-16-30-18-6-2-4-8-20(18)40)21-31-23(37-11-9-27-13-37)35-24(32-21)38-12-10-28-14-38/h1-16H. The minimum absolute atomic E-state index is 0.237. The van der Waals surface area contributed by atoms with Gasteiger partial charge >= 0.3 is 0 Å². The second-order valence-corrected chi connectivity index (χ2v) is 8.66. The largest absolute Gasteiger partial charge is 0.274 e. The van der Waals surface area contributed by atoms with Crippen LogP contribution in [0, 0.1) is 0 Å². The zero-order chi connectivity index (χ0) is 26.5. The molecule has 0 atom stereocenters. The fourth-order valence-corrected chi connectivity index (χ4v) is 4.35. The molecule has 6 aromatic heterocycles. The van der Waals surface area contributed by atoms with Crippen molar-refractivity contribution in [2.24, 2.45) is 0 Å². The van der Waals surface area contributed by atoms with Crippen molar-refractivity contribution >= 4 is 22.1 Å². The molecule has 40 heavy (non-hydrogen) atoms. The van der Waals surface area contributed by atoms with Crippen LogP contribution >= 0.6 is 0 Å². The van der Waals surface area contributed by atoms with Crippen LogP contribution in [-0.2, 0) is 0 Å². The van der Waals surface area contributed by atoms with Gasteiger partial charge in [0.15, 0.2) is 0 Å². The summed E-state index contributed by atoms with van der Waals surface area (Å²) in [7, 11) is 0. The van der Waals surface area contributed by atoms with Gasteiger partial charge in [-0.05, 0) is 24.3 Å². The number of rotatable bonds is 5. The van der Waals surface area contributed by atoms with Crippen LogP contribution in [-0.4, -0.2) is 68.1 Å². The molecular weight excluding hydrogens is 508 g/mol. The Morgan fingerprint density at radius 2 is 0.900 bits per heavy atom. The molecule has 0 unspecified atom stereocenters. The summed E-state index contributed by atoms with van der Waals surface area (Å²) in [5.74, 6) is 1.86. The first-order chi connectivity index (χ1) is 19.8. The van der Waals surface area contributed by atoms with Gasteiger partial charge in [0.2, 0.25) is 35.4 Å². The average Bonchev–Trinajstić information content (AvgIpc) is 3.83. The van der Waals surface area contributed by atoms with Gasteiger partial charge in [-0.2, -0.15) is 29.9 Å². The maximum Gasteiger partial charge on any atom is 0.240 e. The van der Waals surface area contributed by atoms with E-state index in [1.165, 1.54) is 0 Å². The van der Waals surface area contributed by atoms with Crippen LogP contribution in [0.15, 0.2) is 98.6 Å². The van der Waals surface area contributed by atoms with Gasteiger partial charge in [-0.1, -0.05) is 24.3 Å². The molecule has 0 amide bonds. The Kier molecular flexibility index (Phi) is 4.75. The molecule has 2 aromatic carbocycles. The summed E-state index contributed by atoms with van der Waals surface area (Å²) >= 11 is 0. The van der Waals surface area contributed by atoms with Crippen LogP contribution in [0.4, 0.5) is 0 Å². The zero-order valence-corrected chi connectivity index (χ0v) is 20.5. The van der Waals surface area contributed by atoms with Crippen LogP contribution < -0.4 is 0 Å². The van der Waals surface area contributed by atoms with Gasteiger partial charge in [-0.3, -0.25) is 18.3 Å². The summed E-state index contributed by atoms with van der Waals surface area (Å²) in [6.45, 7) is 0. The number of fused-ring (bicyclic) bond motifs is 2. The molecule has 0 aliphatic heterocycles. The van der Waals surface area contributed by atoms with Crippen molar-refractivity contribution in [3.05, 3.63) is 98.6 Å². The summed E-state index contributed by atoms with van der Waals surface area (Å²) < 4.78 is 6.97. The van der Waals surface area contributed by atoms with Crippen LogP contribution in [0.1, 0.15) is 0 Å². The second-order valence-electron chi connectivity index (χ2n) is 8.66. The Morgan fingerprint density at radius 3 is 1.38 bits per heavy atom. The van der Waals surface area contributed by atoms with Gasteiger partial charge < -0.3 is 0 Å². The number of para-hydroxylation sites is 4. The van der Waals surface area contributed by atoms with Crippen molar-refractivity contribution in [2.75, 3.05) is 0 Å². The van der Waals surface area contributed by atoms with E-state index in [0.29, 0.717) is 23.8 Å². The fraction of sp³-hybridized carbons (Fsp3) is 0. The molecule has 0 radical (unpaired) electrons. The van der Waals surface area contributed by atoms with E-state index >= 15 is 0 Å². The van der Waals surface area contributed by atoms with Crippen LogP contribution in [0.5, 0.6) is 0 Å². The maximum absolute atomic E-state index is 4.81. The molecule has 0 aliphatic rings. The number of hydrogen-bond acceptors (Lipinski definition) is 10. The van der Waals surface area contributed by atoms with E-state index in [2.05, 4.69) is 34.9 Å². The Morgan fingerprint density at radius 1 is 0.450 bits per heavy atom. The predicted octanol–water partition coefficient (Wildman–Crippen LogP) is 2.77. The lowest BCUT2D eigenvalue weighted by Crippen LogP contribution is -2.13. The van der Waals surface area contributed by atoms with Gasteiger partial charge in [-0.25, -0.2) is 19.9 Å². The lowest BCUT2D eigenvalue weighted by Gasteiger charge is -2.11. The molecule has 0 N–H and O–H groups in total. The third-order valence-corrected chi connectivity index (χ3v) is 6.23. The highest BCUT2D eigenvalue weighted by molar-refractivity contribution is 5.77. The molecule has 190 valence electrons. The first kappa shape index (κ1) is 21.9. The summed E-state index contributed by atoms with van der Waals surface area (Å²) in [6, 6.07) is 15.5. The Labute approximate surface area is 224 Å². The van der Waals surface area contributed by atoms with Gasteiger partial charge in [0.1, 0.15) is 25.3 Å². The Hall–Kier alpha value is -6.18.